The van der Waals surface area contributed by atoms with E-state index in [4.69, 9.17) is 4.74 Å². The van der Waals surface area contributed by atoms with Crippen molar-refractivity contribution in [2.24, 2.45) is 17.3 Å². The number of hydrogen-bond donors (Lipinski definition) is 2. The van der Waals surface area contributed by atoms with Crippen LogP contribution in [0, 0.1) is 28.6 Å². The summed E-state index contributed by atoms with van der Waals surface area (Å²) in [4.78, 5) is 38.9. The van der Waals surface area contributed by atoms with E-state index < -0.39 is 11.3 Å². The van der Waals surface area contributed by atoms with Crippen LogP contribution in [0.5, 0.6) is 0 Å². The highest BCUT2D eigenvalue weighted by Crippen LogP contribution is 2.62. The highest BCUT2D eigenvalue weighted by Gasteiger charge is 2.61. The van der Waals surface area contributed by atoms with Crippen LogP contribution in [-0.4, -0.2) is 29.9 Å². The number of ether oxygens (including phenoxy) is 1. The molecule has 5 aliphatic rings. The van der Waals surface area contributed by atoms with Gasteiger partial charge in [0.1, 0.15) is 11.1 Å². The van der Waals surface area contributed by atoms with Crippen LogP contribution in [-0.2, 0) is 32.0 Å². The zero-order valence-corrected chi connectivity index (χ0v) is 19.9. The molecule has 1 heterocycles. The van der Waals surface area contributed by atoms with Crippen molar-refractivity contribution < 1.29 is 19.1 Å². The fraction of sp³-hybridized carbons (Fsp3) is 0.680. The third-order valence-electron chi connectivity index (χ3n) is 8.06. The molecule has 2 unspecified atom stereocenters. The summed E-state index contributed by atoms with van der Waals surface area (Å²) < 4.78 is 5.56. The number of carbonyl (C=O) groups is 3. The second kappa shape index (κ2) is 8.43. The number of amides is 2. The van der Waals surface area contributed by atoms with Crippen molar-refractivity contribution in [1.82, 2.24) is 5.32 Å². The summed E-state index contributed by atoms with van der Waals surface area (Å²) in [6, 6.07) is 2.26. The molecule has 33 heavy (non-hydrogen) atoms. The first-order valence-corrected chi connectivity index (χ1v) is 12.9. The van der Waals surface area contributed by atoms with Crippen molar-refractivity contribution >= 4 is 34.1 Å². The molecule has 0 spiro atoms. The van der Waals surface area contributed by atoms with E-state index in [1.807, 2.05) is 0 Å². The molecule has 1 aromatic heterocycles. The van der Waals surface area contributed by atoms with Crippen LogP contribution < -0.4 is 10.6 Å². The Kier molecular flexibility index (Phi) is 5.72. The number of carbonyl (C=O) groups excluding carboxylic acids is 3. The molecule has 0 aromatic carbocycles. The highest BCUT2D eigenvalue weighted by molar-refractivity contribution is 7.16. The lowest BCUT2D eigenvalue weighted by Gasteiger charge is -2.60. The molecule has 4 bridgehead atoms. The molecule has 0 saturated heterocycles. The number of hydrogen-bond acceptors (Lipinski definition) is 6. The van der Waals surface area contributed by atoms with Gasteiger partial charge < -0.3 is 15.4 Å². The first kappa shape index (κ1) is 22.4. The van der Waals surface area contributed by atoms with Crippen LogP contribution in [0.4, 0.5) is 5.00 Å². The Bertz CT molecular complexity index is 1030. The monoisotopic (exact) mass is 469 g/mol. The minimum absolute atomic E-state index is 0.0532. The minimum atomic E-state index is -0.606. The van der Waals surface area contributed by atoms with Gasteiger partial charge in [0.25, 0.3) is 5.91 Å². The number of aryl methyl sites for hydroxylation is 1. The summed E-state index contributed by atoms with van der Waals surface area (Å²) in [7, 11) is 0. The third-order valence-corrected chi connectivity index (χ3v) is 9.26. The molecule has 4 fully saturated rings. The van der Waals surface area contributed by atoms with Gasteiger partial charge in [0.2, 0.25) is 5.91 Å². The van der Waals surface area contributed by atoms with E-state index in [0.717, 1.165) is 69.8 Å². The molecule has 4 atom stereocenters. The Morgan fingerprint density at radius 3 is 2.55 bits per heavy atom. The molecule has 5 aliphatic carbocycles. The van der Waals surface area contributed by atoms with Crippen LogP contribution in [0.15, 0.2) is 0 Å². The Labute approximate surface area is 198 Å². The molecule has 4 saturated carbocycles. The van der Waals surface area contributed by atoms with Gasteiger partial charge in [-0.15, -0.1) is 11.3 Å². The van der Waals surface area contributed by atoms with E-state index in [2.05, 4.69) is 16.7 Å². The summed E-state index contributed by atoms with van der Waals surface area (Å²) in [6.07, 6.45) is 10.3. The second-order valence-electron chi connectivity index (χ2n) is 10.7. The molecular formula is C25H31N3O4S. The van der Waals surface area contributed by atoms with Gasteiger partial charge in [-0.25, -0.2) is 0 Å². The Morgan fingerprint density at radius 1 is 1.12 bits per heavy atom. The van der Waals surface area contributed by atoms with Gasteiger partial charge in [-0.1, -0.05) is 6.42 Å². The normalized spacial score (nSPS) is 31.8. The zero-order valence-electron chi connectivity index (χ0n) is 19.1. The number of fused-ring (bicyclic) bond motifs is 1. The van der Waals surface area contributed by atoms with E-state index in [1.54, 1.807) is 0 Å². The average Bonchev–Trinajstić information content (AvgIpc) is 2.88. The molecule has 2 N–H and O–H groups in total. The SMILES string of the molecule is CC(=O)NC12C[C@H]3C[C@@H](C1)CC(C(=O)OCC(=O)Nc1sc4c(c1C#N)CCCCC4)(C3)C2. The number of rotatable bonds is 5. The van der Waals surface area contributed by atoms with Gasteiger partial charge in [0, 0.05) is 17.3 Å². The lowest BCUT2D eigenvalue weighted by Crippen LogP contribution is -2.64. The number of esters is 1. The van der Waals surface area contributed by atoms with Crippen molar-refractivity contribution in [3.8, 4) is 6.07 Å². The van der Waals surface area contributed by atoms with Gasteiger partial charge in [-0.2, -0.15) is 5.26 Å². The summed E-state index contributed by atoms with van der Waals surface area (Å²) in [5.74, 6) is 0.0577. The second-order valence-corrected chi connectivity index (χ2v) is 11.8. The average molecular weight is 470 g/mol. The van der Waals surface area contributed by atoms with E-state index in [9.17, 15) is 19.6 Å². The van der Waals surface area contributed by atoms with Crippen molar-refractivity contribution in [3.63, 3.8) is 0 Å². The van der Waals surface area contributed by atoms with Gasteiger partial charge in [0.15, 0.2) is 6.61 Å². The van der Waals surface area contributed by atoms with Gasteiger partial charge in [-0.05, 0) is 81.6 Å². The fourth-order valence-corrected chi connectivity index (χ4v) is 8.67. The Morgan fingerprint density at radius 2 is 1.85 bits per heavy atom. The largest absolute Gasteiger partial charge is 0.455 e. The number of nitriles is 1. The summed E-state index contributed by atoms with van der Waals surface area (Å²) >= 11 is 1.48. The molecule has 0 radical (unpaired) electrons. The van der Waals surface area contributed by atoms with Crippen LogP contribution in [0.25, 0.3) is 0 Å². The standard InChI is InChI=1S/C25H31N3O4S/c1-15(29)28-25-10-16-7-17(11-25)9-24(8-16,14-25)23(31)32-13-21(30)27-22-19(12-26)18-5-3-2-4-6-20(18)33-22/h16-17H,2-11,13-14H2,1H3,(H,27,30)(H,28,29)/t16-,17+,24?,25?. The van der Waals surface area contributed by atoms with Crippen molar-refractivity contribution in [2.75, 3.05) is 11.9 Å². The number of anilines is 1. The van der Waals surface area contributed by atoms with Gasteiger partial charge in [-0.3, -0.25) is 14.4 Å². The maximum Gasteiger partial charge on any atom is 0.312 e. The predicted molar refractivity (Wildman–Crippen MR) is 124 cm³/mol. The molecule has 176 valence electrons. The zero-order chi connectivity index (χ0) is 23.2. The Balaban J connectivity index is 1.24. The van der Waals surface area contributed by atoms with E-state index in [-0.39, 0.29) is 24.0 Å². The lowest BCUT2D eigenvalue weighted by molar-refractivity contribution is -0.176. The van der Waals surface area contributed by atoms with Crippen molar-refractivity contribution in [2.45, 2.75) is 83.1 Å². The maximum atomic E-state index is 13.2. The van der Waals surface area contributed by atoms with E-state index in [1.165, 1.54) is 23.1 Å². The molecule has 6 rings (SSSR count). The van der Waals surface area contributed by atoms with Crippen LogP contribution >= 0.6 is 11.3 Å². The number of nitrogens with one attached hydrogen (secondary N) is 2. The first-order valence-electron chi connectivity index (χ1n) is 12.1. The molecule has 0 aliphatic heterocycles. The van der Waals surface area contributed by atoms with Gasteiger partial charge in [0.05, 0.1) is 11.0 Å². The molecule has 7 nitrogen and oxygen atoms in total. The molecule has 1 aromatic rings. The third kappa shape index (κ3) is 4.16. The first-order chi connectivity index (χ1) is 15.8. The fourth-order valence-electron chi connectivity index (χ4n) is 7.42. The minimum Gasteiger partial charge on any atom is -0.455 e. The summed E-state index contributed by atoms with van der Waals surface area (Å²) in [6.45, 7) is 1.18. The topological polar surface area (TPSA) is 108 Å². The van der Waals surface area contributed by atoms with Crippen molar-refractivity contribution in [3.05, 3.63) is 16.0 Å². The smallest absolute Gasteiger partial charge is 0.312 e. The quantitative estimate of drug-likeness (QED) is 0.503. The van der Waals surface area contributed by atoms with Crippen LogP contribution in [0.1, 0.15) is 80.7 Å². The number of thiophene rings is 1. The Hall–Kier alpha value is -2.40. The predicted octanol–water partition coefficient (Wildman–Crippen LogP) is 3.85. The van der Waals surface area contributed by atoms with E-state index >= 15 is 0 Å². The summed E-state index contributed by atoms with van der Waals surface area (Å²) in [5, 5.41) is 16.2. The number of nitrogens with zero attached hydrogens (tertiary/aromatic N) is 1. The van der Waals surface area contributed by atoms with E-state index in [0.29, 0.717) is 28.8 Å². The molecular weight excluding hydrogens is 438 g/mol. The van der Waals surface area contributed by atoms with Crippen molar-refractivity contribution in [1.29, 1.82) is 5.26 Å². The molecule has 8 heteroatoms. The maximum absolute atomic E-state index is 13.2. The van der Waals surface area contributed by atoms with Crippen LogP contribution in [0.3, 0.4) is 0 Å². The molecule has 2 amide bonds. The van der Waals surface area contributed by atoms with Crippen LogP contribution in [0.2, 0.25) is 0 Å². The van der Waals surface area contributed by atoms with Gasteiger partial charge >= 0.3 is 5.97 Å². The lowest BCUT2D eigenvalue weighted by atomic mass is 9.47. The highest BCUT2D eigenvalue weighted by atomic mass is 32.1. The summed E-state index contributed by atoms with van der Waals surface area (Å²) in [5.41, 5.74) is 0.720.